The second-order valence-electron chi connectivity index (χ2n) is 3.99. The van der Waals surface area contributed by atoms with Crippen molar-refractivity contribution in [3.8, 4) is 11.6 Å². The number of rotatable bonds is 3. The fraction of sp³-hybridized carbons (Fsp3) is 0. The number of nitro groups is 1. The van der Waals surface area contributed by atoms with Crippen LogP contribution in [0.2, 0.25) is 5.02 Å². The van der Waals surface area contributed by atoms with Gasteiger partial charge in [0.05, 0.1) is 11.1 Å². The molecule has 1 aromatic carbocycles. The highest BCUT2D eigenvalue weighted by Gasteiger charge is 2.19. The third kappa shape index (κ3) is 2.41. The predicted molar refractivity (Wildman–Crippen MR) is 74.3 cm³/mol. The second-order valence-corrected chi connectivity index (χ2v) is 4.43. The number of nitro benzene ring substituents is 1. The number of H-pyrrole nitrogens is 1. The van der Waals surface area contributed by atoms with Crippen LogP contribution in [0.15, 0.2) is 24.4 Å². The van der Waals surface area contributed by atoms with E-state index < -0.39 is 4.92 Å². The van der Waals surface area contributed by atoms with Crippen molar-refractivity contribution in [2.45, 2.75) is 0 Å². The number of benzene rings is 1. The molecular weight excluding hydrogens is 300 g/mol. The molecule has 0 saturated carbocycles. The lowest BCUT2D eigenvalue weighted by Gasteiger charge is -2.06. The SMILES string of the molecule is Nc1nc(Oc2ccc(Cl)cc2[N+](=O)[O-])c2cn[nH]c2n1. The Morgan fingerprint density at radius 3 is 2.95 bits per heavy atom. The van der Waals surface area contributed by atoms with Crippen molar-refractivity contribution in [3.63, 3.8) is 0 Å². The van der Waals surface area contributed by atoms with Crippen molar-refractivity contribution in [3.05, 3.63) is 39.5 Å². The molecule has 0 atom stereocenters. The van der Waals surface area contributed by atoms with Gasteiger partial charge in [-0.3, -0.25) is 15.2 Å². The lowest BCUT2D eigenvalue weighted by atomic mass is 10.3. The van der Waals surface area contributed by atoms with Crippen LogP contribution in [0, 0.1) is 10.1 Å². The Balaban J connectivity index is 2.10. The summed E-state index contributed by atoms with van der Waals surface area (Å²) in [5.41, 5.74) is 5.64. The van der Waals surface area contributed by atoms with Crippen molar-refractivity contribution in [2.24, 2.45) is 0 Å². The molecule has 10 heteroatoms. The van der Waals surface area contributed by atoms with Crippen LogP contribution in [0.1, 0.15) is 0 Å². The van der Waals surface area contributed by atoms with E-state index in [4.69, 9.17) is 22.1 Å². The number of aromatic amines is 1. The summed E-state index contributed by atoms with van der Waals surface area (Å²) >= 11 is 5.75. The molecular formula is C11H7ClN6O3. The first kappa shape index (κ1) is 13.1. The average Bonchev–Trinajstić information content (AvgIpc) is 2.88. The van der Waals surface area contributed by atoms with Crippen molar-refractivity contribution in [1.29, 1.82) is 0 Å². The van der Waals surface area contributed by atoms with Crippen LogP contribution >= 0.6 is 11.6 Å². The number of fused-ring (bicyclic) bond motifs is 1. The summed E-state index contributed by atoms with van der Waals surface area (Å²) < 4.78 is 5.49. The molecule has 0 fully saturated rings. The maximum Gasteiger partial charge on any atom is 0.313 e. The highest BCUT2D eigenvalue weighted by atomic mass is 35.5. The molecule has 0 spiro atoms. The van der Waals surface area contributed by atoms with Crippen LogP contribution in [0.4, 0.5) is 11.6 Å². The van der Waals surface area contributed by atoms with Gasteiger partial charge in [-0.05, 0) is 12.1 Å². The highest BCUT2D eigenvalue weighted by Crippen LogP contribution is 2.35. The summed E-state index contributed by atoms with van der Waals surface area (Å²) in [7, 11) is 0. The van der Waals surface area contributed by atoms with Gasteiger partial charge in [-0.2, -0.15) is 15.1 Å². The number of nitrogens with zero attached hydrogens (tertiary/aromatic N) is 4. The molecule has 9 nitrogen and oxygen atoms in total. The summed E-state index contributed by atoms with van der Waals surface area (Å²) in [5, 5.41) is 18.1. The van der Waals surface area contributed by atoms with Crippen LogP contribution in [-0.2, 0) is 0 Å². The number of hydrogen-bond donors (Lipinski definition) is 2. The quantitative estimate of drug-likeness (QED) is 0.560. The molecule has 106 valence electrons. The molecule has 0 bridgehead atoms. The minimum Gasteiger partial charge on any atom is -0.431 e. The highest BCUT2D eigenvalue weighted by molar-refractivity contribution is 6.30. The molecule has 0 radical (unpaired) electrons. The van der Waals surface area contributed by atoms with Crippen molar-refractivity contribution >= 4 is 34.3 Å². The largest absolute Gasteiger partial charge is 0.431 e. The number of aromatic nitrogens is 4. The number of anilines is 1. The van der Waals surface area contributed by atoms with Gasteiger partial charge in [-0.1, -0.05) is 11.6 Å². The van der Waals surface area contributed by atoms with Gasteiger partial charge < -0.3 is 10.5 Å². The van der Waals surface area contributed by atoms with Crippen molar-refractivity contribution in [1.82, 2.24) is 20.2 Å². The number of nitrogens with one attached hydrogen (secondary N) is 1. The minimum atomic E-state index is -0.599. The zero-order chi connectivity index (χ0) is 15.0. The Labute approximate surface area is 121 Å². The molecule has 0 amide bonds. The van der Waals surface area contributed by atoms with E-state index >= 15 is 0 Å². The van der Waals surface area contributed by atoms with E-state index in [-0.39, 0.29) is 28.3 Å². The molecule has 3 aromatic rings. The van der Waals surface area contributed by atoms with Gasteiger partial charge in [0.25, 0.3) is 0 Å². The molecule has 0 aliphatic carbocycles. The molecule has 2 heterocycles. The van der Waals surface area contributed by atoms with E-state index in [0.29, 0.717) is 11.0 Å². The molecule has 0 unspecified atom stereocenters. The molecule has 0 aliphatic rings. The summed E-state index contributed by atoms with van der Waals surface area (Å²) in [4.78, 5) is 18.3. The third-order valence-electron chi connectivity index (χ3n) is 2.62. The van der Waals surface area contributed by atoms with E-state index in [1.165, 1.54) is 24.4 Å². The summed E-state index contributed by atoms with van der Waals surface area (Å²) in [5.74, 6) is 0.0139. The van der Waals surface area contributed by atoms with Gasteiger partial charge in [0, 0.05) is 11.1 Å². The van der Waals surface area contributed by atoms with Gasteiger partial charge in [0.1, 0.15) is 5.39 Å². The zero-order valence-electron chi connectivity index (χ0n) is 10.3. The molecule has 0 saturated heterocycles. The maximum atomic E-state index is 11.0. The first-order valence-corrected chi connectivity index (χ1v) is 6.01. The number of nitrogens with two attached hydrogens (primary N) is 1. The number of halogens is 1. The van der Waals surface area contributed by atoms with Gasteiger partial charge in [0.15, 0.2) is 5.65 Å². The van der Waals surface area contributed by atoms with E-state index in [1.54, 1.807) is 0 Å². The number of ether oxygens (including phenoxy) is 1. The van der Waals surface area contributed by atoms with E-state index in [9.17, 15) is 10.1 Å². The fourth-order valence-corrected chi connectivity index (χ4v) is 1.89. The third-order valence-corrected chi connectivity index (χ3v) is 2.85. The number of hydrogen-bond acceptors (Lipinski definition) is 7. The summed E-state index contributed by atoms with van der Waals surface area (Å²) in [6.45, 7) is 0. The first-order valence-electron chi connectivity index (χ1n) is 5.63. The monoisotopic (exact) mass is 306 g/mol. The smallest absolute Gasteiger partial charge is 0.313 e. The first-order chi connectivity index (χ1) is 10.0. The maximum absolute atomic E-state index is 11.0. The Morgan fingerprint density at radius 1 is 1.38 bits per heavy atom. The summed E-state index contributed by atoms with van der Waals surface area (Å²) in [6, 6.07) is 4.04. The standard InChI is InChI=1S/C11H7ClN6O3/c12-5-1-2-8(7(3-5)18(19)20)21-10-6-4-14-17-9(6)15-11(13)16-10/h1-4H,(H3,13,14,15,16,17). The van der Waals surface area contributed by atoms with E-state index in [2.05, 4.69) is 20.2 Å². The minimum absolute atomic E-state index is 0.00926. The predicted octanol–water partition coefficient (Wildman–Crippen LogP) is 2.29. The lowest BCUT2D eigenvalue weighted by molar-refractivity contribution is -0.385. The van der Waals surface area contributed by atoms with Crippen LogP contribution in [0.25, 0.3) is 11.0 Å². The molecule has 3 rings (SSSR count). The number of nitrogen functional groups attached to an aromatic ring is 1. The molecule has 0 aliphatic heterocycles. The van der Waals surface area contributed by atoms with Gasteiger partial charge in [-0.15, -0.1) is 0 Å². The Morgan fingerprint density at radius 2 is 2.19 bits per heavy atom. The lowest BCUT2D eigenvalue weighted by Crippen LogP contribution is -1.99. The molecule has 2 aromatic heterocycles. The van der Waals surface area contributed by atoms with Gasteiger partial charge in [-0.25, -0.2) is 0 Å². The topological polar surface area (TPSA) is 133 Å². The van der Waals surface area contributed by atoms with Crippen LogP contribution in [-0.4, -0.2) is 25.1 Å². The van der Waals surface area contributed by atoms with Gasteiger partial charge >= 0.3 is 5.69 Å². The molecule has 3 N–H and O–H groups in total. The Bertz CT molecular complexity index is 849. The van der Waals surface area contributed by atoms with Crippen LogP contribution in [0.5, 0.6) is 11.6 Å². The Hall–Kier alpha value is -2.94. The van der Waals surface area contributed by atoms with Crippen LogP contribution < -0.4 is 10.5 Å². The van der Waals surface area contributed by atoms with E-state index in [0.717, 1.165) is 0 Å². The normalized spacial score (nSPS) is 10.7. The molecule has 21 heavy (non-hydrogen) atoms. The van der Waals surface area contributed by atoms with Crippen molar-refractivity contribution < 1.29 is 9.66 Å². The Kier molecular flexibility index (Phi) is 3.03. The summed E-state index contributed by atoms with van der Waals surface area (Å²) in [6.07, 6.45) is 1.44. The zero-order valence-corrected chi connectivity index (χ0v) is 11.0. The van der Waals surface area contributed by atoms with Gasteiger partial charge in [0.2, 0.25) is 17.6 Å². The van der Waals surface area contributed by atoms with Crippen molar-refractivity contribution in [2.75, 3.05) is 5.73 Å². The van der Waals surface area contributed by atoms with E-state index in [1.807, 2.05) is 0 Å². The van der Waals surface area contributed by atoms with Crippen LogP contribution in [0.3, 0.4) is 0 Å². The fourth-order valence-electron chi connectivity index (χ4n) is 1.73. The average molecular weight is 307 g/mol. The second kappa shape index (κ2) is 4.87.